The normalized spacial score (nSPS) is 11.4. The largest absolute Gasteiger partial charge is 0.497 e. The molecule has 0 atom stereocenters. The van der Waals surface area contributed by atoms with Crippen molar-refractivity contribution in [3.05, 3.63) is 23.8 Å². The Kier molecular flexibility index (Phi) is 6.72. The Balaban J connectivity index is 2.73. The zero-order chi connectivity index (χ0) is 15.8. The van der Waals surface area contributed by atoms with Gasteiger partial charge in [0.1, 0.15) is 11.5 Å². The van der Waals surface area contributed by atoms with E-state index in [2.05, 4.69) is 24.4 Å². The van der Waals surface area contributed by atoms with E-state index in [-0.39, 0.29) is 5.91 Å². The summed E-state index contributed by atoms with van der Waals surface area (Å²) in [5.41, 5.74) is 3.92. The molecular formula is C16H24N2O3. The van der Waals surface area contributed by atoms with Gasteiger partial charge in [-0.05, 0) is 37.8 Å². The van der Waals surface area contributed by atoms with Crippen molar-refractivity contribution in [2.24, 2.45) is 11.0 Å². The number of carbonyl (C=O) groups is 1. The zero-order valence-electron chi connectivity index (χ0n) is 13.4. The molecule has 0 spiro atoms. The van der Waals surface area contributed by atoms with Crippen LogP contribution in [0.25, 0.3) is 0 Å². The molecule has 1 amide bonds. The minimum atomic E-state index is -0.281. The summed E-state index contributed by atoms with van der Waals surface area (Å²) in [6.07, 6.45) is 1.93. The molecule has 1 aromatic rings. The molecule has 0 radical (unpaired) electrons. The van der Waals surface area contributed by atoms with Gasteiger partial charge < -0.3 is 9.47 Å². The Morgan fingerprint density at radius 1 is 1.19 bits per heavy atom. The second-order valence-electron chi connectivity index (χ2n) is 5.32. The van der Waals surface area contributed by atoms with Crippen LogP contribution in [0.1, 0.15) is 44.0 Å². The number of methoxy groups -OCH3 is 2. The Morgan fingerprint density at radius 3 is 2.24 bits per heavy atom. The van der Waals surface area contributed by atoms with E-state index in [1.165, 1.54) is 0 Å². The number of nitrogens with zero attached hydrogens (tertiary/aromatic N) is 1. The van der Waals surface area contributed by atoms with E-state index in [0.29, 0.717) is 23.0 Å². The highest BCUT2D eigenvalue weighted by Crippen LogP contribution is 2.22. The zero-order valence-corrected chi connectivity index (χ0v) is 13.4. The molecule has 0 aliphatic rings. The van der Waals surface area contributed by atoms with Gasteiger partial charge in [0.25, 0.3) is 5.91 Å². The van der Waals surface area contributed by atoms with Gasteiger partial charge in [-0.2, -0.15) is 5.10 Å². The fraction of sp³-hybridized carbons (Fsp3) is 0.500. The van der Waals surface area contributed by atoms with E-state index in [1.807, 2.05) is 6.92 Å². The molecule has 1 aromatic carbocycles. The summed E-state index contributed by atoms with van der Waals surface area (Å²) in [7, 11) is 3.09. The van der Waals surface area contributed by atoms with Crippen LogP contribution in [0.4, 0.5) is 0 Å². The molecule has 116 valence electrons. The van der Waals surface area contributed by atoms with Crippen LogP contribution in [-0.2, 0) is 0 Å². The van der Waals surface area contributed by atoms with Gasteiger partial charge in [-0.1, -0.05) is 13.8 Å². The van der Waals surface area contributed by atoms with Gasteiger partial charge in [-0.3, -0.25) is 4.79 Å². The molecule has 0 saturated carbocycles. The van der Waals surface area contributed by atoms with Crippen LogP contribution in [0.3, 0.4) is 0 Å². The van der Waals surface area contributed by atoms with Gasteiger partial charge >= 0.3 is 0 Å². The van der Waals surface area contributed by atoms with Crippen molar-refractivity contribution in [2.45, 2.75) is 33.6 Å². The summed E-state index contributed by atoms with van der Waals surface area (Å²) in [5, 5.41) is 4.12. The first kappa shape index (κ1) is 17.0. The van der Waals surface area contributed by atoms with Crippen LogP contribution < -0.4 is 14.9 Å². The molecule has 21 heavy (non-hydrogen) atoms. The van der Waals surface area contributed by atoms with Crippen LogP contribution >= 0.6 is 0 Å². The van der Waals surface area contributed by atoms with E-state index >= 15 is 0 Å². The first-order chi connectivity index (χ1) is 9.96. The molecule has 0 saturated heterocycles. The highest BCUT2D eigenvalue weighted by molar-refractivity contribution is 5.96. The molecular weight excluding hydrogens is 268 g/mol. The standard InChI is InChI=1S/C16H24N2O3/c1-11(2)6-7-12(3)17-18-16(19)13-8-14(20-4)10-15(9-13)21-5/h8-11H,6-7H2,1-5H3,(H,18,19)/b17-12-. The Bertz CT molecular complexity index is 488. The van der Waals surface area contributed by atoms with E-state index in [1.54, 1.807) is 32.4 Å². The Labute approximate surface area is 126 Å². The molecule has 0 unspecified atom stereocenters. The van der Waals surface area contributed by atoms with Crippen molar-refractivity contribution < 1.29 is 14.3 Å². The number of ether oxygens (including phenoxy) is 2. The maximum atomic E-state index is 12.1. The molecule has 0 bridgehead atoms. The van der Waals surface area contributed by atoms with Crippen molar-refractivity contribution >= 4 is 11.6 Å². The van der Waals surface area contributed by atoms with Crippen molar-refractivity contribution in [1.29, 1.82) is 0 Å². The quantitative estimate of drug-likeness (QED) is 0.620. The molecule has 0 aromatic heterocycles. The lowest BCUT2D eigenvalue weighted by Gasteiger charge is -2.08. The van der Waals surface area contributed by atoms with Crippen LogP contribution in [0.2, 0.25) is 0 Å². The third-order valence-electron chi connectivity index (χ3n) is 3.05. The summed E-state index contributed by atoms with van der Waals surface area (Å²) in [5.74, 6) is 1.48. The molecule has 0 fully saturated rings. The van der Waals surface area contributed by atoms with E-state index in [9.17, 15) is 4.79 Å². The maximum Gasteiger partial charge on any atom is 0.271 e. The number of nitrogens with one attached hydrogen (secondary N) is 1. The molecule has 5 heteroatoms. The van der Waals surface area contributed by atoms with Crippen molar-refractivity contribution in [2.75, 3.05) is 14.2 Å². The SMILES string of the molecule is COc1cc(OC)cc(C(=O)N/N=C(/C)CCC(C)C)c1. The lowest BCUT2D eigenvalue weighted by Crippen LogP contribution is -2.19. The third-order valence-corrected chi connectivity index (χ3v) is 3.05. The summed E-state index contributed by atoms with van der Waals surface area (Å²) >= 11 is 0. The lowest BCUT2D eigenvalue weighted by atomic mass is 10.1. The molecule has 5 nitrogen and oxygen atoms in total. The van der Waals surface area contributed by atoms with Gasteiger partial charge in [0, 0.05) is 17.3 Å². The molecule has 0 heterocycles. The number of hydrogen-bond acceptors (Lipinski definition) is 4. The number of benzene rings is 1. The maximum absolute atomic E-state index is 12.1. The first-order valence-corrected chi connectivity index (χ1v) is 7.02. The average Bonchev–Trinajstić information content (AvgIpc) is 2.49. The summed E-state index contributed by atoms with van der Waals surface area (Å²) in [4.78, 5) is 12.1. The number of rotatable bonds is 7. The van der Waals surface area contributed by atoms with Crippen molar-refractivity contribution in [3.8, 4) is 11.5 Å². The third kappa shape index (κ3) is 5.85. The fourth-order valence-electron chi connectivity index (χ4n) is 1.70. The highest BCUT2D eigenvalue weighted by Gasteiger charge is 2.09. The van der Waals surface area contributed by atoms with E-state index in [4.69, 9.17) is 9.47 Å². The highest BCUT2D eigenvalue weighted by atomic mass is 16.5. The second kappa shape index (κ2) is 8.29. The number of hydrogen-bond donors (Lipinski definition) is 1. The summed E-state index contributed by atoms with van der Waals surface area (Å²) < 4.78 is 10.3. The predicted octanol–water partition coefficient (Wildman–Crippen LogP) is 3.25. The monoisotopic (exact) mass is 292 g/mol. The fourth-order valence-corrected chi connectivity index (χ4v) is 1.70. The minimum Gasteiger partial charge on any atom is -0.497 e. The van der Waals surface area contributed by atoms with Gasteiger partial charge in [0.05, 0.1) is 14.2 Å². The molecule has 1 rings (SSSR count). The first-order valence-electron chi connectivity index (χ1n) is 7.02. The van der Waals surface area contributed by atoms with Crippen LogP contribution in [0.5, 0.6) is 11.5 Å². The minimum absolute atomic E-state index is 0.281. The Morgan fingerprint density at radius 2 is 1.76 bits per heavy atom. The predicted molar refractivity (Wildman–Crippen MR) is 84.2 cm³/mol. The summed E-state index contributed by atoms with van der Waals surface area (Å²) in [6.45, 7) is 6.23. The van der Waals surface area contributed by atoms with Crippen LogP contribution in [0.15, 0.2) is 23.3 Å². The second-order valence-corrected chi connectivity index (χ2v) is 5.32. The van der Waals surface area contributed by atoms with Crippen molar-refractivity contribution in [3.63, 3.8) is 0 Å². The smallest absolute Gasteiger partial charge is 0.271 e. The summed E-state index contributed by atoms with van der Waals surface area (Å²) in [6, 6.07) is 5.02. The van der Waals surface area contributed by atoms with E-state index in [0.717, 1.165) is 18.6 Å². The lowest BCUT2D eigenvalue weighted by molar-refractivity contribution is 0.0954. The van der Waals surface area contributed by atoms with E-state index < -0.39 is 0 Å². The molecule has 1 N–H and O–H groups in total. The number of carbonyl (C=O) groups excluding carboxylic acids is 1. The number of hydrazone groups is 1. The average molecular weight is 292 g/mol. The molecule has 0 aliphatic carbocycles. The Hall–Kier alpha value is -2.04. The van der Waals surface area contributed by atoms with Gasteiger partial charge in [-0.15, -0.1) is 0 Å². The van der Waals surface area contributed by atoms with Crippen LogP contribution in [-0.4, -0.2) is 25.8 Å². The van der Waals surface area contributed by atoms with Gasteiger partial charge in [0.15, 0.2) is 0 Å². The van der Waals surface area contributed by atoms with Crippen LogP contribution in [0, 0.1) is 5.92 Å². The van der Waals surface area contributed by atoms with Crippen molar-refractivity contribution in [1.82, 2.24) is 5.43 Å². The van der Waals surface area contributed by atoms with Gasteiger partial charge in [0.2, 0.25) is 0 Å². The number of amides is 1. The van der Waals surface area contributed by atoms with Gasteiger partial charge in [-0.25, -0.2) is 5.43 Å². The molecule has 0 aliphatic heterocycles. The topological polar surface area (TPSA) is 59.9 Å².